The van der Waals surface area contributed by atoms with Gasteiger partial charge in [-0.15, -0.1) is 9.78 Å². The molecule has 0 heterocycles. The first-order valence-electron chi connectivity index (χ1n) is 10.0. The lowest BCUT2D eigenvalue weighted by atomic mass is 10.1. The largest absolute Gasteiger partial charge is 0.373 e. The van der Waals surface area contributed by atoms with Gasteiger partial charge in [0.25, 0.3) is 0 Å². The summed E-state index contributed by atoms with van der Waals surface area (Å²) in [6, 6.07) is 14.2. The van der Waals surface area contributed by atoms with Crippen LogP contribution in [0, 0.1) is 0 Å². The molecule has 0 aliphatic rings. The zero-order valence-electron chi connectivity index (χ0n) is 17.2. The summed E-state index contributed by atoms with van der Waals surface area (Å²) < 4.78 is 0. The van der Waals surface area contributed by atoms with E-state index in [1.165, 1.54) is 0 Å². The number of hydrogen-bond donors (Lipinski definition) is 0. The molecular formula is C23H28O6. The first-order chi connectivity index (χ1) is 14.1. The van der Waals surface area contributed by atoms with E-state index in [1.807, 2.05) is 24.3 Å². The zero-order chi connectivity index (χ0) is 21.1. The van der Waals surface area contributed by atoms with Gasteiger partial charge in [-0.3, -0.25) is 9.78 Å². The van der Waals surface area contributed by atoms with Crippen molar-refractivity contribution < 1.29 is 29.1 Å². The predicted octanol–water partition coefficient (Wildman–Crippen LogP) is 5.20. The van der Waals surface area contributed by atoms with Gasteiger partial charge >= 0.3 is 11.9 Å². The van der Waals surface area contributed by atoms with Gasteiger partial charge in [-0.2, -0.15) is 0 Å². The van der Waals surface area contributed by atoms with Gasteiger partial charge in [0.1, 0.15) is 0 Å². The van der Waals surface area contributed by atoms with Gasteiger partial charge in [0.15, 0.2) is 0 Å². The lowest BCUT2D eigenvalue weighted by Gasteiger charge is -2.13. The average molecular weight is 400 g/mol. The minimum atomic E-state index is -1.03. The van der Waals surface area contributed by atoms with Crippen molar-refractivity contribution in [2.24, 2.45) is 0 Å². The van der Waals surface area contributed by atoms with E-state index >= 15 is 0 Å². The van der Waals surface area contributed by atoms with Crippen molar-refractivity contribution in [1.29, 1.82) is 0 Å². The quantitative estimate of drug-likeness (QED) is 0.293. The molecule has 0 unspecified atom stereocenters. The fourth-order valence-electron chi connectivity index (χ4n) is 2.64. The van der Waals surface area contributed by atoms with Crippen LogP contribution in [0.3, 0.4) is 0 Å². The molecule has 0 aliphatic carbocycles. The third-order valence-corrected chi connectivity index (χ3v) is 4.25. The number of carbonyl (C=O) groups excluding carboxylic acids is 2. The molecule has 0 aliphatic heterocycles. The summed E-state index contributed by atoms with van der Waals surface area (Å²) in [6.45, 7) is 5.93. The van der Waals surface area contributed by atoms with E-state index in [9.17, 15) is 9.59 Å². The second-order valence-corrected chi connectivity index (χ2v) is 6.67. The summed E-state index contributed by atoms with van der Waals surface area (Å²) in [6.07, 6.45) is 3.25. The van der Waals surface area contributed by atoms with Gasteiger partial charge in [0, 0.05) is 6.42 Å². The Morgan fingerprint density at radius 2 is 1.07 bits per heavy atom. The minimum absolute atomic E-state index is 0.311. The van der Waals surface area contributed by atoms with E-state index in [0.717, 1.165) is 36.8 Å². The summed E-state index contributed by atoms with van der Waals surface area (Å²) in [7, 11) is 0. The zero-order valence-corrected chi connectivity index (χ0v) is 17.2. The SMILES string of the molecule is CCCc1ccc(C(=O)OOC(CC)OOC(=O)c2ccc(CCC)cc2)cc1. The molecule has 2 rings (SSSR count). The highest BCUT2D eigenvalue weighted by molar-refractivity contribution is 5.89. The Balaban J connectivity index is 1.80. The second kappa shape index (κ2) is 12.0. The number of rotatable bonds is 11. The van der Waals surface area contributed by atoms with E-state index < -0.39 is 18.2 Å². The lowest BCUT2D eigenvalue weighted by Crippen LogP contribution is -2.21. The van der Waals surface area contributed by atoms with E-state index in [0.29, 0.717) is 17.5 Å². The summed E-state index contributed by atoms with van der Waals surface area (Å²) in [5.74, 6) is -1.29. The van der Waals surface area contributed by atoms with Crippen LogP contribution in [-0.2, 0) is 32.4 Å². The van der Waals surface area contributed by atoms with Crippen LogP contribution in [-0.4, -0.2) is 18.2 Å². The predicted molar refractivity (Wildman–Crippen MR) is 108 cm³/mol. The Labute approximate surface area is 171 Å². The van der Waals surface area contributed by atoms with Crippen molar-refractivity contribution in [3.63, 3.8) is 0 Å². The molecule has 0 atom stereocenters. The smallest absolute Gasteiger partial charge is 0.290 e. The number of aryl methyl sites for hydroxylation is 2. The van der Waals surface area contributed by atoms with E-state index in [1.54, 1.807) is 31.2 Å². The lowest BCUT2D eigenvalue weighted by molar-refractivity contribution is -0.420. The van der Waals surface area contributed by atoms with Crippen molar-refractivity contribution in [1.82, 2.24) is 0 Å². The van der Waals surface area contributed by atoms with E-state index in [-0.39, 0.29) is 0 Å². The Kier molecular flexibility index (Phi) is 9.34. The maximum atomic E-state index is 12.1. The molecule has 156 valence electrons. The van der Waals surface area contributed by atoms with Crippen LogP contribution < -0.4 is 0 Å². The summed E-state index contributed by atoms with van der Waals surface area (Å²) in [5, 5.41) is 0. The Morgan fingerprint density at radius 1 is 0.690 bits per heavy atom. The van der Waals surface area contributed by atoms with Gasteiger partial charge in [-0.25, -0.2) is 9.59 Å². The topological polar surface area (TPSA) is 71.1 Å². The van der Waals surface area contributed by atoms with Crippen molar-refractivity contribution in [3.8, 4) is 0 Å². The molecule has 0 fully saturated rings. The summed E-state index contributed by atoms with van der Waals surface area (Å²) in [4.78, 5) is 43.7. The van der Waals surface area contributed by atoms with Crippen LogP contribution in [0.4, 0.5) is 0 Å². The summed E-state index contributed by atoms with van der Waals surface area (Å²) >= 11 is 0. The highest BCUT2D eigenvalue weighted by Gasteiger charge is 2.18. The van der Waals surface area contributed by atoms with Crippen molar-refractivity contribution in [3.05, 3.63) is 70.8 Å². The number of benzene rings is 2. The van der Waals surface area contributed by atoms with Crippen LogP contribution in [0.1, 0.15) is 71.9 Å². The molecule has 0 amide bonds. The van der Waals surface area contributed by atoms with Crippen molar-refractivity contribution in [2.45, 2.75) is 59.2 Å². The first-order valence-corrected chi connectivity index (χ1v) is 10.0. The molecule has 0 aromatic heterocycles. The number of hydrogen-bond acceptors (Lipinski definition) is 6. The molecule has 0 saturated carbocycles. The molecule has 0 N–H and O–H groups in total. The van der Waals surface area contributed by atoms with Crippen LogP contribution in [0.15, 0.2) is 48.5 Å². The van der Waals surface area contributed by atoms with Crippen LogP contribution in [0.2, 0.25) is 0 Å². The van der Waals surface area contributed by atoms with Crippen molar-refractivity contribution in [2.75, 3.05) is 0 Å². The molecule has 2 aromatic rings. The van der Waals surface area contributed by atoms with Gasteiger partial charge in [0.05, 0.1) is 11.1 Å². The molecule has 0 spiro atoms. The fraction of sp³-hybridized carbons (Fsp3) is 0.391. The maximum Gasteiger partial charge on any atom is 0.373 e. The Morgan fingerprint density at radius 3 is 1.38 bits per heavy atom. The van der Waals surface area contributed by atoms with Gasteiger partial charge < -0.3 is 0 Å². The second-order valence-electron chi connectivity index (χ2n) is 6.67. The van der Waals surface area contributed by atoms with E-state index in [4.69, 9.17) is 19.6 Å². The normalized spacial score (nSPS) is 10.8. The third kappa shape index (κ3) is 7.33. The molecule has 6 heteroatoms. The van der Waals surface area contributed by atoms with Crippen molar-refractivity contribution >= 4 is 11.9 Å². The van der Waals surface area contributed by atoms with Crippen LogP contribution >= 0.6 is 0 Å². The van der Waals surface area contributed by atoms with Crippen LogP contribution in [0.25, 0.3) is 0 Å². The fourth-order valence-corrected chi connectivity index (χ4v) is 2.64. The number of carbonyl (C=O) groups is 2. The Hall–Kier alpha value is -2.70. The third-order valence-electron chi connectivity index (χ3n) is 4.25. The molecule has 0 radical (unpaired) electrons. The molecule has 0 bridgehead atoms. The maximum absolute atomic E-state index is 12.1. The Bertz CT molecular complexity index is 701. The average Bonchev–Trinajstić information content (AvgIpc) is 2.75. The highest BCUT2D eigenvalue weighted by atomic mass is 17.3. The van der Waals surface area contributed by atoms with Gasteiger partial charge in [0.2, 0.25) is 6.29 Å². The first kappa shape index (κ1) is 22.6. The van der Waals surface area contributed by atoms with Gasteiger partial charge in [-0.05, 0) is 48.2 Å². The van der Waals surface area contributed by atoms with E-state index in [2.05, 4.69) is 13.8 Å². The molecule has 0 saturated heterocycles. The summed E-state index contributed by atoms with van der Waals surface area (Å²) in [5.41, 5.74) is 3.02. The standard InChI is InChI=1S/C23H28O6/c1-4-7-17-9-13-19(14-10-17)22(24)28-26-21(6-3)27-29-23(25)20-15-11-18(8-5-2)12-16-20/h9-16,21H,4-8H2,1-3H3. The minimum Gasteiger partial charge on any atom is -0.290 e. The monoisotopic (exact) mass is 400 g/mol. The van der Waals surface area contributed by atoms with Gasteiger partial charge in [-0.1, -0.05) is 57.9 Å². The molecule has 29 heavy (non-hydrogen) atoms. The van der Waals surface area contributed by atoms with Crippen LogP contribution in [0.5, 0.6) is 0 Å². The highest BCUT2D eigenvalue weighted by Crippen LogP contribution is 2.12. The molecule has 6 nitrogen and oxygen atoms in total. The molecule has 2 aromatic carbocycles. The molecular weight excluding hydrogens is 372 g/mol.